The number of aromatic nitrogens is 4. The molecule has 0 atom stereocenters. The van der Waals surface area contributed by atoms with Crippen molar-refractivity contribution in [3.63, 3.8) is 0 Å². The Bertz CT molecular complexity index is 1150. The van der Waals surface area contributed by atoms with E-state index < -0.39 is 7.12 Å². The summed E-state index contributed by atoms with van der Waals surface area (Å²) in [6, 6.07) is 17.3. The second-order valence-electron chi connectivity index (χ2n) is 6.56. The minimum atomic E-state index is -1.56. The molecular weight excluding hydrogens is 369 g/mol. The Morgan fingerprint density at radius 2 is 1.83 bits per heavy atom. The van der Waals surface area contributed by atoms with Gasteiger partial charge in [-0.05, 0) is 30.1 Å². The third kappa shape index (κ3) is 3.78. The van der Waals surface area contributed by atoms with E-state index >= 15 is 0 Å². The highest BCUT2D eigenvalue weighted by Crippen LogP contribution is 2.23. The lowest BCUT2D eigenvalue weighted by Gasteiger charge is -2.11. The highest BCUT2D eigenvalue weighted by molar-refractivity contribution is 6.61. The molecule has 0 radical (unpaired) electrons. The van der Waals surface area contributed by atoms with Crippen LogP contribution in [-0.2, 0) is 6.54 Å². The SMILES string of the molecule is COc1nc(NCc2ccccc2)nc(-n2c(C)cc3c(B(O)O)cccc32)n1. The predicted molar refractivity (Wildman–Crippen MR) is 112 cm³/mol. The molecule has 146 valence electrons. The Labute approximate surface area is 168 Å². The van der Waals surface area contributed by atoms with Crippen molar-refractivity contribution in [2.75, 3.05) is 12.4 Å². The monoisotopic (exact) mass is 389 g/mol. The van der Waals surface area contributed by atoms with Gasteiger partial charge in [0, 0.05) is 17.6 Å². The normalized spacial score (nSPS) is 10.9. The summed E-state index contributed by atoms with van der Waals surface area (Å²) in [7, 11) is -0.0639. The molecule has 8 nitrogen and oxygen atoms in total. The van der Waals surface area contributed by atoms with E-state index in [0.717, 1.165) is 22.2 Å². The van der Waals surface area contributed by atoms with E-state index in [0.29, 0.717) is 23.9 Å². The minimum Gasteiger partial charge on any atom is -0.467 e. The number of fused-ring (bicyclic) bond motifs is 1. The van der Waals surface area contributed by atoms with E-state index in [-0.39, 0.29) is 6.01 Å². The zero-order valence-corrected chi connectivity index (χ0v) is 16.1. The quantitative estimate of drug-likeness (QED) is 0.429. The summed E-state index contributed by atoms with van der Waals surface area (Å²) >= 11 is 0. The second-order valence-corrected chi connectivity index (χ2v) is 6.56. The average molecular weight is 389 g/mol. The first-order valence-corrected chi connectivity index (χ1v) is 9.12. The van der Waals surface area contributed by atoms with E-state index in [1.54, 1.807) is 12.1 Å². The molecule has 4 rings (SSSR count). The van der Waals surface area contributed by atoms with Crippen LogP contribution >= 0.6 is 0 Å². The van der Waals surface area contributed by atoms with Gasteiger partial charge in [-0.1, -0.05) is 42.5 Å². The summed E-state index contributed by atoms with van der Waals surface area (Å²) in [5, 5.41) is 23.3. The van der Waals surface area contributed by atoms with Gasteiger partial charge in [-0.25, -0.2) is 0 Å². The predicted octanol–water partition coefficient (Wildman–Crippen LogP) is 1.42. The molecule has 0 unspecified atom stereocenters. The molecule has 4 aromatic rings. The second kappa shape index (κ2) is 7.90. The number of methoxy groups -OCH3 is 1. The zero-order chi connectivity index (χ0) is 20.4. The van der Waals surface area contributed by atoms with Crippen molar-refractivity contribution < 1.29 is 14.8 Å². The molecule has 2 aromatic carbocycles. The smallest absolute Gasteiger partial charge is 0.467 e. The molecule has 3 N–H and O–H groups in total. The van der Waals surface area contributed by atoms with Gasteiger partial charge >= 0.3 is 13.1 Å². The lowest BCUT2D eigenvalue weighted by atomic mass is 9.78. The maximum atomic E-state index is 9.67. The van der Waals surface area contributed by atoms with Crippen LogP contribution in [0.1, 0.15) is 11.3 Å². The number of nitrogens with zero attached hydrogens (tertiary/aromatic N) is 4. The summed E-state index contributed by atoms with van der Waals surface area (Å²) in [5.74, 6) is 0.764. The van der Waals surface area contributed by atoms with Gasteiger partial charge in [0.05, 0.1) is 12.6 Å². The van der Waals surface area contributed by atoms with Crippen molar-refractivity contribution in [1.82, 2.24) is 19.5 Å². The summed E-state index contributed by atoms with van der Waals surface area (Å²) in [6.45, 7) is 2.46. The first kappa shape index (κ1) is 18.9. The molecule has 0 saturated heterocycles. The van der Waals surface area contributed by atoms with E-state index in [1.807, 2.05) is 54.0 Å². The Hall–Kier alpha value is -3.43. The van der Waals surface area contributed by atoms with Crippen LogP contribution in [0, 0.1) is 6.92 Å². The molecule has 0 aliphatic heterocycles. The molecule has 2 aromatic heterocycles. The van der Waals surface area contributed by atoms with E-state index in [4.69, 9.17) is 4.74 Å². The fraction of sp³-hybridized carbons (Fsp3) is 0.150. The summed E-state index contributed by atoms with van der Waals surface area (Å²) < 4.78 is 7.10. The highest BCUT2D eigenvalue weighted by Gasteiger charge is 2.20. The van der Waals surface area contributed by atoms with Gasteiger partial charge in [-0.3, -0.25) is 4.57 Å². The number of rotatable bonds is 6. The molecule has 0 fully saturated rings. The van der Waals surface area contributed by atoms with Gasteiger partial charge < -0.3 is 20.1 Å². The van der Waals surface area contributed by atoms with Crippen LogP contribution in [0.3, 0.4) is 0 Å². The van der Waals surface area contributed by atoms with Gasteiger partial charge in [0.1, 0.15) is 0 Å². The summed E-state index contributed by atoms with van der Waals surface area (Å²) in [5.41, 5.74) is 3.12. The molecule has 0 aliphatic carbocycles. The fourth-order valence-corrected chi connectivity index (χ4v) is 3.27. The molecule has 0 saturated carbocycles. The molecule has 0 spiro atoms. The van der Waals surface area contributed by atoms with Gasteiger partial charge in [-0.2, -0.15) is 15.0 Å². The van der Waals surface area contributed by atoms with Crippen molar-refractivity contribution in [3.8, 4) is 12.0 Å². The standard InChI is InChI=1S/C20H20BN5O3/c1-13-11-15-16(21(27)28)9-6-10-17(15)26(13)19-23-18(24-20(25-19)29-2)22-12-14-7-4-3-5-8-14/h3-11,27-28H,12H2,1-2H3,(H,22,23,24,25). The van der Waals surface area contributed by atoms with Crippen molar-refractivity contribution in [2.24, 2.45) is 0 Å². The summed E-state index contributed by atoms with van der Waals surface area (Å²) in [4.78, 5) is 13.2. The van der Waals surface area contributed by atoms with E-state index in [9.17, 15) is 10.0 Å². The van der Waals surface area contributed by atoms with Crippen molar-refractivity contribution in [1.29, 1.82) is 0 Å². The first-order valence-electron chi connectivity index (χ1n) is 9.12. The third-order valence-electron chi connectivity index (χ3n) is 4.62. The maximum absolute atomic E-state index is 9.67. The van der Waals surface area contributed by atoms with Crippen LogP contribution in [0.25, 0.3) is 16.9 Å². The van der Waals surface area contributed by atoms with Crippen LogP contribution in [0.4, 0.5) is 5.95 Å². The van der Waals surface area contributed by atoms with Gasteiger partial charge in [0.2, 0.25) is 11.9 Å². The number of aryl methyl sites for hydroxylation is 1. The van der Waals surface area contributed by atoms with Crippen LogP contribution in [-0.4, -0.2) is 43.8 Å². The van der Waals surface area contributed by atoms with Crippen LogP contribution < -0.4 is 15.5 Å². The number of anilines is 1. The van der Waals surface area contributed by atoms with Crippen molar-refractivity contribution in [2.45, 2.75) is 13.5 Å². The molecule has 2 heterocycles. The number of hydrogen-bond donors (Lipinski definition) is 3. The van der Waals surface area contributed by atoms with Crippen molar-refractivity contribution in [3.05, 3.63) is 65.9 Å². The van der Waals surface area contributed by atoms with Crippen LogP contribution in [0.5, 0.6) is 6.01 Å². The van der Waals surface area contributed by atoms with Crippen molar-refractivity contribution >= 4 is 29.4 Å². The molecular formula is C20H20BN5O3. The highest BCUT2D eigenvalue weighted by atomic mass is 16.5. The lowest BCUT2D eigenvalue weighted by molar-refractivity contribution is 0.378. The molecule has 29 heavy (non-hydrogen) atoms. The van der Waals surface area contributed by atoms with Crippen LogP contribution in [0.2, 0.25) is 0 Å². The van der Waals surface area contributed by atoms with Crippen LogP contribution in [0.15, 0.2) is 54.6 Å². The Morgan fingerprint density at radius 3 is 2.55 bits per heavy atom. The minimum absolute atomic E-state index is 0.185. The van der Waals surface area contributed by atoms with Gasteiger partial charge in [0.25, 0.3) is 0 Å². The van der Waals surface area contributed by atoms with E-state index in [2.05, 4.69) is 20.3 Å². The molecule has 0 aliphatic rings. The largest absolute Gasteiger partial charge is 0.489 e. The molecule has 0 bridgehead atoms. The number of hydrogen-bond acceptors (Lipinski definition) is 7. The van der Waals surface area contributed by atoms with Gasteiger partial charge in [-0.15, -0.1) is 0 Å². The van der Waals surface area contributed by atoms with E-state index in [1.165, 1.54) is 7.11 Å². The third-order valence-corrected chi connectivity index (χ3v) is 4.62. The Balaban J connectivity index is 1.77. The zero-order valence-electron chi connectivity index (χ0n) is 16.1. The van der Waals surface area contributed by atoms with Gasteiger partial charge in [0.15, 0.2) is 0 Å². The number of ether oxygens (including phenoxy) is 1. The molecule has 0 amide bonds. The Kier molecular flexibility index (Phi) is 5.15. The maximum Gasteiger partial charge on any atom is 0.489 e. The fourth-order valence-electron chi connectivity index (χ4n) is 3.27. The average Bonchev–Trinajstić information content (AvgIpc) is 3.08. The number of nitrogens with one attached hydrogen (secondary N) is 1. The number of benzene rings is 2. The molecule has 9 heteroatoms. The Morgan fingerprint density at radius 1 is 1.03 bits per heavy atom. The lowest BCUT2D eigenvalue weighted by Crippen LogP contribution is -2.30. The topological polar surface area (TPSA) is 105 Å². The summed E-state index contributed by atoms with van der Waals surface area (Å²) in [6.07, 6.45) is 0. The first-order chi connectivity index (χ1) is 14.1.